The van der Waals surface area contributed by atoms with Gasteiger partial charge in [-0.25, -0.2) is 22.8 Å². The third-order valence-electron chi connectivity index (χ3n) is 7.68. The van der Waals surface area contributed by atoms with Crippen molar-refractivity contribution in [3.8, 4) is 0 Å². The summed E-state index contributed by atoms with van der Waals surface area (Å²) in [4.78, 5) is 27.1. The van der Waals surface area contributed by atoms with E-state index < -0.39 is 29.6 Å². The second kappa shape index (κ2) is 14.6. The molecule has 2 aliphatic rings. The van der Waals surface area contributed by atoms with Crippen molar-refractivity contribution in [2.75, 3.05) is 46.9 Å². The second-order valence-electron chi connectivity index (χ2n) is 10.6. The molecule has 2 fully saturated rings. The molecule has 1 aromatic carbocycles. The number of nitrogens with one attached hydrogen (secondary N) is 2. The van der Waals surface area contributed by atoms with E-state index in [9.17, 15) is 22.8 Å². The van der Waals surface area contributed by atoms with E-state index in [4.69, 9.17) is 9.84 Å². The average molecular weight is 543 g/mol. The molecule has 0 aromatic heterocycles. The van der Waals surface area contributed by atoms with Crippen molar-refractivity contribution >= 4 is 12.1 Å². The first-order valence-corrected chi connectivity index (χ1v) is 13.6. The topological polar surface area (TPSA) is 94.1 Å². The van der Waals surface area contributed by atoms with Gasteiger partial charge in [0.15, 0.2) is 17.5 Å². The highest BCUT2D eigenvalue weighted by Crippen LogP contribution is 2.34. The summed E-state index contributed by atoms with van der Waals surface area (Å²) in [5, 5.41) is 15.4. The number of hydrogen-bond acceptors (Lipinski definition) is 4. The summed E-state index contributed by atoms with van der Waals surface area (Å²) in [6, 6.07) is 1.63. The van der Waals surface area contributed by atoms with Gasteiger partial charge in [-0.15, -0.1) is 0 Å². The number of urea groups is 1. The molecular formula is C27H41F3N4O4. The van der Waals surface area contributed by atoms with Crippen LogP contribution in [0.2, 0.25) is 0 Å². The zero-order valence-corrected chi connectivity index (χ0v) is 22.4. The van der Waals surface area contributed by atoms with Crippen molar-refractivity contribution in [3.05, 3.63) is 35.1 Å². The maximum Gasteiger partial charge on any atom is 0.407 e. The number of amides is 3. The summed E-state index contributed by atoms with van der Waals surface area (Å²) < 4.78 is 47.8. The van der Waals surface area contributed by atoms with Gasteiger partial charge < -0.3 is 30.3 Å². The van der Waals surface area contributed by atoms with Crippen LogP contribution in [0.15, 0.2) is 12.1 Å². The van der Waals surface area contributed by atoms with E-state index >= 15 is 0 Å². The summed E-state index contributed by atoms with van der Waals surface area (Å²) in [5.41, 5.74) is 0.122. The maximum atomic E-state index is 14.1. The number of ether oxygens (including phenoxy) is 1. The summed E-state index contributed by atoms with van der Waals surface area (Å²) in [6.07, 6.45) is 6.34. The molecule has 1 heterocycles. The molecule has 3 amide bonds. The molecule has 3 N–H and O–H groups in total. The molecular weight excluding hydrogens is 501 g/mol. The second-order valence-corrected chi connectivity index (χ2v) is 10.6. The van der Waals surface area contributed by atoms with E-state index in [0.717, 1.165) is 23.5 Å². The lowest BCUT2D eigenvalue weighted by atomic mass is 9.85. The monoisotopic (exact) mass is 542 g/mol. The molecule has 3 atom stereocenters. The first-order chi connectivity index (χ1) is 18.2. The van der Waals surface area contributed by atoms with Gasteiger partial charge in [0.2, 0.25) is 0 Å². The fourth-order valence-corrected chi connectivity index (χ4v) is 5.63. The molecule has 0 bridgehead atoms. The predicted octanol–water partition coefficient (Wildman–Crippen LogP) is 4.75. The number of likely N-dealkylation sites (N-methyl/N-ethyl adjacent to an activating group) is 2. The Labute approximate surface area is 222 Å². The number of benzene rings is 1. The Hall–Kier alpha value is -2.53. The minimum atomic E-state index is -1.56. The van der Waals surface area contributed by atoms with Crippen LogP contribution in [0.5, 0.6) is 0 Å². The van der Waals surface area contributed by atoms with Crippen LogP contribution >= 0.6 is 0 Å². The van der Waals surface area contributed by atoms with Gasteiger partial charge in [-0.05, 0) is 49.9 Å². The zero-order chi connectivity index (χ0) is 27.7. The van der Waals surface area contributed by atoms with Gasteiger partial charge in [-0.1, -0.05) is 32.1 Å². The van der Waals surface area contributed by atoms with Gasteiger partial charge >= 0.3 is 12.1 Å². The third kappa shape index (κ3) is 8.49. The Morgan fingerprint density at radius 1 is 1.13 bits per heavy atom. The average Bonchev–Trinajstić information content (AvgIpc) is 2.90. The smallest absolute Gasteiger partial charge is 0.407 e. The van der Waals surface area contributed by atoms with Gasteiger partial charge in [-0.3, -0.25) is 0 Å². The maximum absolute atomic E-state index is 14.1. The van der Waals surface area contributed by atoms with Gasteiger partial charge in [-0.2, -0.15) is 0 Å². The van der Waals surface area contributed by atoms with Crippen LogP contribution in [-0.2, 0) is 4.74 Å². The van der Waals surface area contributed by atoms with Crippen molar-refractivity contribution < 1.29 is 32.6 Å². The van der Waals surface area contributed by atoms with E-state index in [0.29, 0.717) is 38.4 Å². The highest BCUT2D eigenvalue weighted by molar-refractivity contribution is 5.74. The number of carboxylic acid groups (broad SMARTS) is 1. The molecule has 3 rings (SSSR count). The Bertz CT molecular complexity index is 909. The fourth-order valence-electron chi connectivity index (χ4n) is 5.63. The molecule has 1 aliphatic carbocycles. The van der Waals surface area contributed by atoms with Gasteiger partial charge in [0.05, 0.1) is 12.7 Å². The summed E-state index contributed by atoms with van der Waals surface area (Å²) in [5.74, 6) is -3.91. The molecule has 1 aliphatic heterocycles. The number of piperidine rings is 1. The van der Waals surface area contributed by atoms with E-state index in [-0.39, 0.29) is 36.7 Å². The van der Waals surface area contributed by atoms with Crippen LogP contribution in [-0.4, -0.2) is 80.0 Å². The predicted molar refractivity (Wildman–Crippen MR) is 137 cm³/mol. The zero-order valence-electron chi connectivity index (χ0n) is 22.4. The lowest BCUT2D eigenvalue weighted by molar-refractivity contribution is -0.0159. The van der Waals surface area contributed by atoms with Crippen LogP contribution in [0.3, 0.4) is 0 Å². The molecule has 0 unspecified atom stereocenters. The van der Waals surface area contributed by atoms with Gasteiger partial charge in [0.1, 0.15) is 0 Å². The Morgan fingerprint density at radius 2 is 1.82 bits per heavy atom. The third-order valence-corrected chi connectivity index (χ3v) is 7.68. The number of nitrogens with zero attached hydrogens (tertiary/aromatic N) is 2. The molecule has 1 saturated heterocycles. The Kier molecular flexibility index (Phi) is 11.5. The number of carbonyl (C=O) groups excluding carboxylic acids is 1. The molecule has 11 heteroatoms. The van der Waals surface area contributed by atoms with Crippen LogP contribution in [0.4, 0.5) is 22.8 Å². The van der Waals surface area contributed by atoms with Crippen molar-refractivity contribution in [3.63, 3.8) is 0 Å². The van der Waals surface area contributed by atoms with Crippen molar-refractivity contribution in [1.82, 2.24) is 20.4 Å². The number of rotatable bonds is 11. The molecule has 0 radical (unpaired) electrons. The summed E-state index contributed by atoms with van der Waals surface area (Å²) in [6.45, 7) is 1.51. The van der Waals surface area contributed by atoms with Crippen molar-refractivity contribution in [2.45, 2.75) is 63.5 Å². The minimum absolute atomic E-state index is 0.00475. The number of hydrogen-bond donors (Lipinski definition) is 3. The number of halogens is 3. The van der Waals surface area contributed by atoms with E-state index in [1.165, 1.54) is 39.2 Å². The highest BCUT2D eigenvalue weighted by atomic mass is 19.2. The standard InChI is InChI=1S/C27H41F3N4O4/c1-31-16-21(13-18-7-4-3-5-8-18)32-26(35)34-10-6-9-19(17-34)25(38-12-11-33(2)27(36)37)20-14-22(28)24(30)23(29)15-20/h14-15,18-19,21,25,31H,3-13,16-17H2,1-2H3,(H,32,35)(H,36,37)/t19-,21+,25-/m1/s1. The van der Waals surface area contributed by atoms with Gasteiger partial charge in [0, 0.05) is 45.2 Å². The highest BCUT2D eigenvalue weighted by Gasteiger charge is 2.33. The van der Waals surface area contributed by atoms with Crippen LogP contribution in [0.1, 0.15) is 63.0 Å². The van der Waals surface area contributed by atoms with E-state index in [2.05, 4.69) is 10.6 Å². The lowest BCUT2D eigenvalue weighted by Gasteiger charge is -2.38. The van der Waals surface area contributed by atoms with Crippen LogP contribution in [0, 0.1) is 29.3 Å². The Balaban J connectivity index is 1.70. The molecule has 8 nitrogen and oxygen atoms in total. The molecule has 38 heavy (non-hydrogen) atoms. The molecule has 1 aromatic rings. The van der Waals surface area contributed by atoms with Crippen molar-refractivity contribution in [1.29, 1.82) is 0 Å². The quantitative estimate of drug-likeness (QED) is 0.351. The summed E-state index contributed by atoms with van der Waals surface area (Å²) in [7, 11) is 3.25. The molecule has 0 spiro atoms. The number of carbonyl (C=O) groups is 2. The molecule has 1 saturated carbocycles. The summed E-state index contributed by atoms with van der Waals surface area (Å²) >= 11 is 0. The Morgan fingerprint density at radius 3 is 2.45 bits per heavy atom. The van der Waals surface area contributed by atoms with Gasteiger partial charge in [0.25, 0.3) is 0 Å². The van der Waals surface area contributed by atoms with E-state index in [1.54, 1.807) is 4.90 Å². The number of likely N-dealkylation sites (tertiary alicyclic amines) is 1. The molecule has 214 valence electrons. The van der Waals surface area contributed by atoms with Crippen LogP contribution in [0.25, 0.3) is 0 Å². The lowest BCUT2D eigenvalue weighted by Crippen LogP contribution is -2.52. The minimum Gasteiger partial charge on any atom is -0.465 e. The van der Waals surface area contributed by atoms with E-state index in [1.807, 2.05) is 7.05 Å². The SMILES string of the molecule is CNC[C@H](CC1CCCCC1)NC(=O)N1CCC[C@@H]([C@@H](OCCN(C)C(=O)O)c2cc(F)c(F)c(F)c2)C1. The van der Waals surface area contributed by atoms with Crippen LogP contribution < -0.4 is 10.6 Å². The first-order valence-electron chi connectivity index (χ1n) is 13.6. The first kappa shape index (κ1) is 30.0. The van der Waals surface area contributed by atoms with Crippen molar-refractivity contribution in [2.24, 2.45) is 11.8 Å². The largest absolute Gasteiger partial charge is 0.465 e. The fraction of sp³-hybridized carbons (Fsp3) is 0.704. The normalized spacial score (nSPS) is 20.1.